The summed E-state index contributed by atoms with van der Waals surface area (Å²) < 4.78 is 23.0. The third-order valence-corrected chi connectivity index (χ3v) is 4.92. The van der Waals surface area contributed by atoms with Crippen LogP contribution in [0.25, 0.3) is 0 Å². The lowest BCUT2D eigenvalue weighted by atomic mass is 10.2. The summed E-state index contributed by atoms with van der Waals surface area (Å²) in [5.41, 5.74) is 0.430. The summed E-state index contributed by atoms with van der Waals surface area (Å²) in [4.78, 5) is 20.9. The summed E-state index contributed by atoms with van der Waals surface area (Å²) in [5.74, 6) is -0.556. The van der Waals surface area contributed by atoms with Crippen LogP contribution in [0.15, 0.2) is 6.20 Å². The number of anilines is 1. The highest BCUT2D eigenvalue weighted by Gasteiger charge is 2.30. The van der Waals surface area contributed by atoms with Gasteiger partial charge in [0.05, 0.1) is 22.8 Å². The number of aromatic nitrogens is 2. The van der Waals surface area contributed by atoms with Gasteiger partial charge in [-0.3, -0.25) is 0 Å². The number of hydrogen-bond donors (Lipinski definition) is 1. The Hall–Kier alpha value is -1.70. The van der Waals surface area contributed by atoms with Gasteiger partial charge >= 0.3 is 5.97 Å². The number of nitrogens with zero attached hydrogens (tertiary/aromatic N) is 3. The molecule has 1 N–H and O–H groups in total. The molecule has 0 radical (unpaired) electrons. The molecular weight excluding hydrogens is 270 g/mol. The van der Waals surface area contributed by atoms with Crippen molar-refractivity contribution in [1.82, 2.24) is 9.97 Å². The second-order valence-electron chi connectivity index (χ2n) is 4.63. The minimum atomic E-state index is -3.00. The summed E-state index contributed by atoms with van der Waals surface area (Å²) in [5, 5.41) is 8.91. The van der Waals surface area contributed by atoms with E-state index in [1.54, 1.807) is 18.7 Å². The number of carboxylic acids is 1. The maximum atomic E-state index is 11.5. The number of aryl methyl sites for hydroxylation is 1. The van der Waals surface area contributed by atoms with E-state index in [1.165, 1.54) is 6.20 Å². The highest BCUT2D eigenvalue weighted by atomic mass is 32.2. The monoisotopic (exact) mass is 285 g/mol. The zero-order valence-electron chi connectivity index (χ0n) is 10.7. The largest absolute Gasteiger partial charge is 0.478 e. The Balaban J connectivity index is 2.28. The average Bonchev–Trinajstić information content (AvgIpc) is 2.26. The molecule has 1 saturated heterocycles. The third-order valence-electron chi connectivity index (χ3n) is 3.12. The minimum absolute atomic E-state index is 0.0565. The molecule has 19 heavy (non-hydrogen) atoms. The Bertz CT molecular complexity index is 614. The SMILES string of the molecule is Cc1nc(N2CCS(=O)(=O)CC2C)ncc1C(=O)O. The summed E-state index contributed by atoms with van der Waals surface area (Å²) >= 11 is 0. The van der Waals surface area contributed by atoms with Gasteiger partial charge < -0.3 is 10.0 Å². The first-order valence-electron chi connectivity index (χ1n) is 5.84. The molecule has 2 heterocycles. The molecule has 104 valence electrons. The fourth-order valence-corrected chi connectivity index (χ4v) is 3.66. The molecule has 1 aliphatic rings. The van der Waals surface area contributed by atoms with Crippen LogP contribution in [-0.4, -0.2) is 53.6 Å². The summed E-state index contributed by atoms with van der Waals surface area (Å²) in [6.45, 7) is 3.72. The van der Waals surface area contributed by atoms with Crippen LogP contribution in [0.1, 0.15) is 23.0 Å². The van der Waals surface area contributed by atoms with Crippen LogP contribution in [0, 0.1) is 6.92 Å². The van der Waals surface area contributed by atoms with E-state index >= 15 is 0 Å². The molecule has 0 aliphatic carbocycles. The van der Waals surface area contributed by atoms with Crippen LogP contribution in [0.3, 0.4) is 0 Å². The van der Waals surface area contributed by atoms with Gasteiger partial charge in [0.1, 0.15) is 0 Å². The van der Waals surface area contributed by atoms with Crippen molar-refractivity contribution in [1.29, 1.82) is 0 Å². The van der Waals surface area contributed by atoms with Crippen molar-refractivity contribution in [3.05, 3.63) is 17.5 Å². The second-order valence-corrected chi connectivity index (χ2v) is 6.86. The Labute approximate surface area is 111 Å². The van der Waals surface area contributed by atoms with Crippen LogP contribution in [0.2, 0.25) is 0 Å². The lowest BCUT2D eigenvalue weighted by Crippen LogP contribution is -2.47. The van der Waals surface area contributed by atoms with Crippen molar-refractivity contribution < 1.29 is 18.3 Å². The number of sulfone groups is 1. The molecule has 1 aromatic heterocycles. The normalized spacial score (nSPS) is 22.2. The number of carboxylic acid groups (broad SMARTS) is 1. The number of rotatable bonds is 2. The molecule has 1 aliphatic heterocycles. The summed E-state index contributed by atoms with van der Waals surface area (Å²) in [6.07, 6.45) is 1.26. The van der Waals surface area contributed by atoms with Gasteiger partial charge in [-0.2, -0.15) is 0 Å². The van der Waals surface area contributed by atoms with Gasteiger partial charge in [-0.25, -0.2) is 23.2 Å². The van der Waals surface area contributed by atoms with Crippen molar-refractivity contribution in [2.75, 3.05) is 23.0 Å². The molecule has 0 saturated carbocycles. The van der Waals surface area contributed by atoms with Gasteiger partial charge in [0.25, 0.3) is 0 Å². The van der Waals surface area contributed by atoms with Gasteiger partial charge in [-0.15, -0.1) is 0 Å². The summed E-state index contributed by atoms with van der Waals surface area (Å²) in [6, 6.07) is -0.214. The molecule has 8 heteroatoms. The second kappa shape index (κ2) is 4.76. The molecule has 0 spiro atoms. The van der Waals surface area contributed by atoms with E-state index in [0.29, 0.717) is 18.2 Å². The van der Waals surface area contributed by atoms with Crippen molar-refractivity contribution in [2.24, 2.45) is 0 Å². The van der Waals surface area contributed by atoms with Gasteiger partial charge in [0.15, 0.2) is 9.84 Å². The first-order valence-corrected chi connectivity index (χ1v) is 7.66. The van der Waals surface area contributed by atoms with Crippen LogP contribution in [-0.2, 0) is 9.84 Å². The molecule has 2 rings (SSSR count). The maximum Gasteiger partial charge on any atom is 0.339 e. The Kier molecular flexibility index (Phi) is 3.44. The highest BCUT2D eigenvalue weighted by molar-refractivity contribution is 7.91. The highest BCUT2D eigenvalue weighted by Crippen LogP contribution is 2.18. The van der Waals surface area contributed by atoms with Gasteiger partial charge in [-0.1, -0.05) is 0 Å². The fraction of sp³-hybridized carbons (Fsp3) is 0.545. The molecule has 1 unspecified atom stereocenters. The Morgan fingerprint density at radius 1 is 1.53 bits per heavy atom. The zero-order valence-corrected chi connectivity index (χ0v) is 11.5. The van der Waals surface area contributed by atoms with E-state index in [4.69, 9.17) is 5.11 Å². The smallest absolute Gasteiger partial charge is 0.339 e. The van der Waals surface area contributed by atoms with E-state index in [-0.39, 0.29) is 23.1 Å². The topological polar surface area (TPSA) is 100 Å². The first kappa shape index (κ1) is 13.7. The van der Waals surface area contributed by atoms with Gasteiger partial charge in [0.2, 0.25) is 5.95 Å². The van der Waals surface area contributed by atoms with Crippen LogP contribution in [0.5, 0.6) is 0 Å². The lowest BCUT2D eigenvalue weighted by Gasteiger charge is -2.33. The van der Waals surface area contributed by atoms with E-state index in [2.05, 4.69) is 9.97 Å². The maximum absolute atomic E-state index is 11.5. The summed E-state index contributed by atoms with van der Waals surface area (Å²) in [7, 11) is -3.00. The fourth-order valence-electron chi connectivity index (χ4n) is 2.10. The van der Waals surface area contributed by atoms with E-state index in [9.17, 15) is 13.2 Å². The average molecular weight is 285 g/mol. The van der Waals surface area contributed by atoms with Crippen LogP contribution < -0.4 is 4.90 Å². The first-order chi connectivity index (χ1) is 8.80. The molecule has 0 aromatic carbocycles. The molecule has 0 bridgehead atoms. The predicted octanol–water partition coefficient (Wildman–Crippen LogP) is 0.107. The molecule has 1 aromatic rings. The molecule has 1 fully saturated rings. The standard InChI is InChI=1S/C11H15N3O4S/c1-7-6-19(17,18)4-3-14(7)11-12-5-9(10(15)16)8(2)13-11/h5,7H,3-4,6H2,1-2H3,(H,15,16). The van der Waals surface area contributed by atoms with Crippen LogP contribution >= 0.6 is 0 Å². The minimum Gasteiger partial charge on any atom is -0.478 e. The number of carbonyl (C=O) groups is 1. The molecular formula is C11H15N3O4S. The number of hydrogen-bond acceptors (Lipinski definition) is 6. The Morgan fingerprint density at radius 3 is 2.74 bits per heavy atom. The van der Waals surface area contributed by atoms with E-state index in [1.807, 2.05) is 0 Å². The van der Waals surface area contributed by atoms with Crippen LogP contribution in [0.4, 0.5) is 5.95 Å². The van der Waals surface area contributed by atoms with Crippen molar-refractivity contribution in [2.45, 2.75) is 19.9 Å². The van der Waals surface area contributed by atoms with Crippen molar-refractivity contribution in [3.8, 4) is 0 Å². The zero-order chi connectivity index (χ0) is 14.2. The molecule has 7 nitrogen and oxygen atoms in total. The van der Waals surface area contributed by atoms with Gasteiger partial charge in [0, 0.05) is 18.8 Å². The molecule has 0 amide bonds. The number of aromatic carboxylic acids is 1. The predicted molar refractivity (Wildman–Crippen MR) is 69.2 cm³/mol. The quantitative estimate of drug-likeness (QED) is 0.822. The van der Waals surface area contributed by atoms with Gasteiger partial charge in [-0.05, 0) is 13.8 Å². The third kappa shape index (κ3) is 2.83. The Morgan fingerprint density at radius 2 is 2.21 bits per heavy atom. The lowest BCUT2D eigenvalue weighted by molar-refractivity contribution is 0.0695. The van der Waals surface area contributed by atoms with E-state index < -0.39 is 15.8 Å². The van der Waals surface area contributed by atoms with Crippen molar-refractivity contribution >= 4 is 21.8 Å². The van der Waals surface area contributed by atoms with Crippen molar-refractivity contribution in [3.63, 3.8) is 0 Å². The molecule has 1 atom stereocenters. The van der Waals surface area contributed by atoms with E-state index in [0.717, 1.165) is 0 Å².